The minimum Gasteiger partial charge on any atom is -0.384 e. The molecule has 0 amide bonds. The largest absolute Gasteiger partial charge is 0.501 e. The molecule has 2 aliphatic rings. The first kappa shape index (κ1) is 47.7. The third-order valence-corrected chi connectivity index (χ3v) is 16.0. The van der Waals surface area contributed by atoms with E-state index in [0.29, 0.717) is 60.6 Å². The summed E-state index contributed by atoms with van der Waals surface area (Å²) in [5, 5.41) is 3.56. The quantitative estimate of drug-likeness (QED) is 0.0686. The maximum Gasteiger partial charge on any atom is 0.501 e. The van der Waals surface area contributed by atoms with Crippen LogP contribution in [0.5, 0.6) is 0 Å². The van der Waals surface area contributed by atoms with Gasteiger partial charge in [-0.2, -0.15) is 13.2 Å². The van der Waals surface area contributed by atoms with Gasteiger partial charge in [0.25, 0.3) is 19.9 Å². The fourth-order valence-electron chi connectivity index (χ4n) is 8.06. The van der Waals surface area contributed by atoms with Crippen molar-refractivity contribution in [3.63, 3.8) is 0 Å². The van der Waals surface area contributed by atoms with E-state index in [9.17, 15) is 34.4 Å². The number of hydrogen-bond donors (Lipinski definition) is 2. The molecule has 1 aromatic heterocycles. The molecule has 342 valence electrons. The summed E-state index contributed by atoms with van der Waals surface area (Å²) in [4.78, 5) is 14.3. The van der Waals surface area contributed by atoms with Crippen LogP contribution < -0.4 is 10.0 Å². The normalized spacial score (nSPS) is 16.1. The molecule has 1 atom stereocenters. The number of nitrogens with zero attached hydrogens (tertiary/aromatic N) is 5. The van der Waals surface area contributed by atoms with E-state index in [0.717, 1.165) is 55.1 Å². The number of sulfonamides is 1. The van der Waals surface area contributed by atoms with Crippen molar-refractivity contribution in [3.8, 4) is 11.1 Å². The zero-order valence-electron chi connectivity index (χ0n) is 35.4. The smallest absolute Gasteiger partial charge is 0.384 e. The number of rotatable bonds is 17. The molecule has 1 unspecified atom stereocenters. The molecule has 3 heterocycles. The van der Waals surface area contributed by atoms with Gasteiger partial charge in [-0.3, -0.25) is 14.5 Å². The third-order valence-electron chi connectivity index (χ3n) is 11.6. The summed E-state index contributed by atoms with van der Waals surface area (Å²) in [5.74, 6) is -0.0632. The molecule has 19 heteroatoms. The summed E-state index contributed by atoms with van der Waals surface area (Å²) in [5.41, 5.74) is -1.36. The average Bonchev–Trinajstić information content (AvgIpc) is 3.27. The summed E-state index contributed by atoms with van der Waals surface area (Å²) in [6, 6.07) is 25.1. The Balaban J connectivity index is 1.02. The van der Waals surface area contributed by atoms with Crippen molar-refractivity contribution in [2.24, 2.45) is 5.92 Å². The molecular weight excluding hydrogens is 910 g/mol. The second kappa shape index (κ2) is 20.5. The molecule has 11 nitrogen and oxygen atoms in total. The summed E-state index contributed by atoms with van der Waals surface area (Å²) in [6.45, 7) is 4.39. The molecule has 0 spiro atoms. The van der Waals surface area contributed by atoms with Gasteiger partial charge in [0.05, 0.1) is 16.3 Å². The van der Waals surface area contributed by atoms with Crippen LogP contribution >= 0.6 is 23.4 Å². The molecule has 2 aliphatic heterocycles. The number of aromatic nitrogens is 2. The Kier molecular flexibility index (Phi) is 15.2. The van der Waals surface area contributed by atoms with Gasteiger partial charge in [0, 0.05) is 53.5 Å². The van der Waals surface area contributed by atoms with Crippen molar-refractivity contribution >= 4 is 54.7 Å². The minimum absolute atomic E-state index is 0.0105. The molecular formula is C45H50ClF4N7O4S3. The van der Waals surface area contributed by atoms with Gasteiger partial charge in [-0.1, -0.05) is 48.0 Å². The number of nitrogens with one attached hydrogen (secondary N) is 2. The first-order valence-corrected chi connectivity index (χ1v) is 25.2. The Morgan fingerprint density at radius 3 is 2.34 bits per heavy atom. The minimum atomic E-state index is -6.00. The Hall–Kier alpha value is -4.30. The van der Waals surface area contributed by atoms with Gasteiger partial charge in [-0.05, 0) is 137 Å². The SMILES string of the molecule is CN(C)CCC(CNc1ccc(S(=O)(=O)Nc2ncnc3c2CCN(C2CCN(Cc4ccccc4-c4ccc(Cl)cc4)CC2)C3)cc1S(=O)(=O)C(F)(F)F)CSc1ccc(F)cc1. The molecule has 1 saturated heterocycles. The van der Waals surface area contributed by atoms with Crippen molar-refractivity contribution in [2.45, 2.75) is 65.0 Å². The molecule has 7 rings (SSSR count). The standard InChI is InChI=1S/C45H50ClF4N7O4S3/c1-55(2)21-17-31(29-62-37-13-11-35(47)12-14-37)26-51-41-16-15-38(25-43(41)63(58,59)45(48,49)50)64(60,61)54-44-40-20-24-57(28-42(40)52-30-53-44)36-18-22-56(23-19-36)27-33-5-3-4-6-39(33)32-7-9-34(46)10-8-32/h3-16,25,30-31,36,51H,17-24,26-29H2,1-2H3,(H,52,53,54). The van der Waals surface area contributed by atoms with Gasteiger partial charge in [-0.15, -0.1) is 11.8 Å². The molecule has 5 aromatic rings. The van der Waals surface area contributed by atoms with Gasteiger partial charge >= 0.3 is 5.51 Å². The number of piperidine rings is 1. The number of anilines is 2. The monoisotopic (exact) mass is 959 g/mol. The number of thioether (sulfide) groups is 1. The zero-order chi connectivity index (χ0) is 45.6. The Bertz CT molecular complexity index is 2620. The number of likely N-dealkylation sites (tertiary alicyclic amines) is 1. The van der Waals surface area contributed by atoms with Crippen LogP contribution in [0.1, 0.15) is 36.1 Å². The number of sulfone groups is 1. The van der Waals surface area contributed by atoms with Gasteiger partial charge < -0.3 is 10.2 Å². The first-order valence-electron chi connectivity index (χ1n) is 20.8. The Morgan fingerprint density at radius 2 is 1.64 bits per heavy atom. The van der Waals surface area contributed by atoms with Crippen LogP contribution in [0.2, 0.25) is 5.02 Å². The second-order valence-electron chi connectivity index (χ2n) is 16.4. The third kappa shape index (κ3) is 11.7. The Morgan fingerprint density at radius 1 is 0.922 bits per heavy atom. The van der Waals surface area contributed by atoms with Gasteiger partial charge in [0.15, 0.2) is 0 Å². The molecule has 0 aliphatic carbocycles. The van der Waals surface area contributed by atoms with Crippen LogP contribution in [0.3, 0.4) is 0 Å². The van der Waals surface area contributed by atoms with Crippen molar-refractivity contribution in [2.75, 3.05) is 62.6 Å². The predicted molar refractivity (Wildman–Crippen MR) is 244 cm³/mol. The van der Waals surface area contributed by atoms with Crippen LogP contribution in [0.15, 0.2) is 112 Å². The van der Waals surface area contributed by atoms with E-state index in [1.165, 1.54) is 41.3 Å². The van der Waals surface area contributed by atoms with E-state index in [1.54, 1.807) is 12.1 Å². The van der Waals surface area contributed by atoms with Crippen LogP contribution in [-0.2, 0) is 39.4 Å². The van der Waals surface area contributed by atoms with Crippen molar-refractivity contribution in [3.05, 3.63) is 125 Å². The predicted octanol–water partition coefficient (Wildman–Crippen LogP) is 8.83. The molecule has 0 bridgehead atoms. The second-order valence-corrected chi connectivity index (χ2v) is 21.5. The number of halogens is 5. The zero-order valence-corrected chi connectivity index (χ0v) is 38.6. The molecule has 0 saturated carbocycles. The van der Waals surface area contributed by atoms with Crippen molar-refractivity contribution < 1.29 is 34.4 Å². The lowest BCUT2D eigenvalue weighted by molar-refractivity contribution is -0.0435. The Labute approximate surface area is 381 Å². The van der Waals surface area contributed by atoms with Gasteiger partial charge in [0.2, 0.25) is 0 Å². The van der Waals surface area contributed by atoms with E-state index >= 15 is 0 Å². The highest BCUT2D eigenvalue weighted by Gasteiger charge is 2.48. The number of alkyl halides is 3. The fourth-order valence-corrected chi connectivity index (χ4v) is 11.3. The first-order chi connectivity index (χ1) is 30.5. The molecule has 4 aromatic carbocycles. The average molecular weight is 961 g/mol. The van der Waals surface area contributed by atoms with Crippen molar-refractivity contribution in [1.82, 2.24) is 24.7 Å². The van der Waals surface area contributed by atoms with Crippen LogP contribution in [0.4, 0.5) is 29.1 Å². The van der Waals surface area contributed by atoms with E-state index in [1.807, 2.05) is 49.3 Å². The summed E-state index contributed by atoms with van der Waals surface area (Å²) in [6.07, 6.45) is 4.14. The molecule has 1 fully saturated rings. The highest BCUT2D eigenvalue weighted by Crippen LogP contribution is 2.37. The van der Waals surface area contributed by atoms with Crippen LogP contribution in [0, 0.1) is 11.7 Å². The van der Waals surface area contributed by atoms with E-state index < -0.39 is 35.2 Å². The summed E-state index contributed by atoms with van der Waals surface area (Å²) >= 11 is 7.57. The topological polar surface area (TPSA) is 128 Å². The van der Waals surface area contributed by atoms with Gasteiger partial charge in [0.1, 0.15) is 22.9 Å². The molecule has 2 N–H and O–H groups in total. The summed E-state index contributed by atoms with van der Waals surface area (Å²) < 4.78 is 112. The lowest BCUT2D eigenvalue weighted by atomic mass is 9.96. The van der Waals surface area contributed by atoms with Crippen molar-refractivity contribution in [1.29, 1.82) is 0 Å². The molecule has 0 radical (unpaired) electrons. The van der Waals surface area contributed by atoms with Crippen LogP contribution in [-0.4, -0.2) is 106 Å². The maximum absolute atomic E-state index is 14.1. The van der Waals surface area contributed by atoms with E-state index in [4.69, 9.17) is 11.6 Å². The highest BCUT2D eigenvalue weighted by atomic mass is 35.5. The summed E-state index contributed by atoms with van der Waals surface area (Å²) in [7, 11) is -6.88. The lowest BCUT2D eigenvalue weighted by Crippen LogP contribution is -2.46. The molecule has 64 heavy (non-hydrogen) atoms. The number of fused-ring (bicyclic) bond motifs is 1. The number of benzene rings is 4. The fraction of sp³-hybridized carbons (Fsp3) is 0.378. The maximum atomic E-state index is 14.1. The number of hydrogen-bond acceptors (Lipinski definition) is 11. The van der Waals surface area contributed by atoms with Crippen LogP contribution in [0.25, 0.3) is 11.1 Å². The van der Waals surface area contributed by atoms with E-state index in [2.05, 4.69) is 48.0 Å². The lowest BCUT2D eigenvalue weighted by Gasteiger charge is -2.40. The van der Waals surface area contributed by atoms with E-state index in [-0.39, 0.29) is 35.8 Å². The van der Waals surface area contributed by atoms with Gasteiger partial charge in [-0.25, -0.2) is 31.2 Å². The highest BCUT2D eigenvalue weighted by molar-refractivity contribution is 7.99.